The molecule has 0 aliphatic rings. The summed E-state index contributed by atoms with van der Waals surface area (Å²) < 4.78 is 1.75. The van der Waals surface area contributed by atoms with E-state index >= 15 is 0 Å². The number of aryl methyl sites for hydroxylation is 1. The van der Waals surface area contributed by atoms with E-state index in [4.69, 9.17) is 22.3 Å². The lowest BCUT2D eigenvalue weighted by molar-refractivity contribution is 0.796. The van der Waals surface area contributed by atoms with Gasteiger partial charge in [0.05, 0.1) is 11.3 Å². The van der Waals surface area contributed by atoms with E-state index in [9.17, 15) is 0 Å². The first-order valence-electron chi connectivity index (χ1n) is 9.33. The van der Waals surface area contributed by atoms with Gasteiger partial charge in [0.15, 0.2) is 10.8 Å². The Labute approximate surface area is 186 Å². The van der Waals surface area contributed by atoms with E-state index < -0.39 is 0 Å². The minimum absolute atomic E-state index is 0.135. The fourth-order valence-electron chi connectivity index (χ4n) is 3.08. The van der Waals surface area contributed by atoms with Gasteiger partial charge in [-0.3, -0.25) is 0 Å². The highest BCUT2D eigenvalue weighted by Gasteiger charge is 2.14. The van der Waals surface area contributed by atoms with Crippen LogP contribution in [-0.4, -0.2) is 34.5 Å². The maximum Gasteiger partial charge on any atom is 0.232 e. The average molecular weight is 450 g/mol. The largest absolute Gasteiger partial charge is 0.368 e. The second kappa shape index (κ2) is 7.97. The van der Waals surface area contributed by atoms with E-state index in [1.165, 1.54) is 11.8 Å². The monoisotopic (exact) mass is 449 g/mol. The van der Waals surface area contributed by atoms with Gasteiger partial charge in [-0.15, -0.1) is 5.10 Å². The van der Waals surface area contributed by atoms with Crippen LogP contribution in [0.4, 0.5) is 17.6 Å². The molecule has 0 aliphatic carbocycles. The molecule has 3 aromatic heterocycles. The molecule has 0 saturated heterocycles. The summed E-state index contributed by atoms with van der Waals surface area (Å²) in [7, 11) is 0. The molecule has 0 saturated carbocycles. The van der Waals surface area contributed by atoms with Gasteiger partial charge in [0.1, 0.15) is 11.6 Å². The summed E-state index contributed by atoms with van der Waals surface area (Å²) in [6, 6.07) is 15.1. The molecule has 0 atom stereocenters. The van der Waals surface area contributed by atoms with Crippen molar-refractivity contribution >= 4 is 57.5 Å². The maximum atomic E-state index is 5.93. The van der Waals surface area contributed by atoms with E-state index in [1.807, 2.05) is 43.3 Å². The van der Waals surface area contributed by atoms with Crippen LogP contribution in [0.3, 0.4) is 0 Å². The van der Waals surface area contributed by atoms with Crippen molar-refractivity contribution in [1.29, 1.82) is 0 Å². The lowest BCUT2D eigenvalue weighted by Crippen LogP contribution is -2.07. The molecule has 31 heavy (non-hydrogen) atoms. The highest BCUT2D eigenvalue weighted by Crippen LogP contribution is 2.26. The minimum Gasteiger partial charge on any atom is -0.368 e. The van der Waals surface area contributed by atoms with E-state index in [1.54, 1.807) is 16.6 Å². The molecular formula is C20H16ClN9S. The first-order chi connectivity index (χ1) is 15.0. The van der Waals surface area contributed by atoms with Gasteiger partial charge in [-0.2, -0.15) is 19.5 Å². The molecule has 9 nitrogen and oxygen atoms in total. The normalized spacial score (nSPS) is 11.3. The van der Waals surface area contributed by atoms with Crippen molar-refractivity contribution in [3.8, 4) is 0 Å². The standard InChI is InChI=1S/C20H16ClN9S/c1-11-23-17-14-4-2-3-5-15(14)25-20(30(17)29-11)31-10-16-26-18(22)28-19(27-16)24-13-8-6-12(21)7-9-13/h2-9H,10H2,1H3,(H3,22,24,26,27,28). The molecule has 5 rings (SSSR count). The summed E-state index contributed by atoms with van der Waals surface area (Å²) in [6.45, 7) is 1.86. The van der Waals surface area contributed by atoms with Gasteiger partial charge < -0.3 is 11.1 Å². The number of halogens is 1. The third-order valence-electron chi connectivity index (χ3n) is 4.39. The summed E-state index contributed by atoms with van der Waals surface area (Å²) in [4.78, 5) is 22.2. The number of hydrogen-bond acceptors (Lipinski definition) is 9. The van der Waals surface area contributed by atoms with Crippen LogP contribution >= 0.6 is 23.4 Å². The molecule has 0 aliphatic heterocycles. The molecule has 3 heterocycles. The molecule has 11 heteroatoms. The van der Waals surface area contributed by atoms with Crippen LogP contribution in [-0.2, 0) is 5.75 Å². The predicted molar refractivity (Wildman–Crippen MR) is 122 cm³/mol. The number of aromatic nitrogens is 7. The second-order valence-electron chi connectivity index (χ2n) is 6.66. The first kappa shape index (κ1) is 19.5. The molecule has 3 N–H and O–H groups in total. The number of rotatable bonds is 5. The Morgan fingerprint density at radius 3 is 2.65 bits per heavy atom. The van der Waals surface area contributed by atoms with E-state index in [-0.39, 0.29) is 5.95 Å². The van der Waals surface area contributed by atoms with Gasteiger partial charge in [0, 0.05) is 16.1 Å². The van der Waals surface area contributed by atoms with Crippen molar-refractivity contribution in [2.24, 2.45) is 0 Å². The predicted octanol–water partition coefficient (Wildman–Crippen LogP) is 4.04. The van der Waals surface area contributed by atoms with Crippen molar-refractivity contribution in [3.63, 3.8) is 0 Å². The van der Waals surface area contributed by atoms with Crippen LogP contribution in [0.2, 0.25) is 5.02 Å². The van der Waals surface area contributed by atoms with Crippen molar-refractivity contribution in [3.05, 3.63) is 65.2 Å². The average Bonchev–Trinajstić information content (AvgIpc) is 3.15. The van der Waals surface area contributed by atoms with Crippen LogP contribution in [0.15, 0.2) is 53.7 Å². The summed E-state index contributed by atoms with van der Waals surface area (Å²) in [5.74, 6) is 2.13. The van der Waals surface area contributed by atoms with Gasteiger partial charge in [0.25, 0.3) is 0 Å². The summed E-state index contributed by atoms with van der Waals surface area (Å²) in [5, 5.41) is 9.90. The number of nitrogens with one attached hydrogen (secondary N) is 1. The number of anilines is 3. The molecule has 0 spiro atoms. The number of nitrogen functional groups attached to an aromatic ring is 1. The molecule has 0 unspecified atom stereocenters. The molecule has 154 valence electrons. The molecule has 0 amide bonds. The Hall–Kier alpha value is -3.50. The van der Waals surface area contributed by atoms with Crippen molar-refractivity contribution in [2.45, 2.75) is 17.8 Å². The van der Waals surface area contributed by atoms with Gasteiger partial charge in [0.2, 0.25) is 11.9 Å². The van der Waals surface area contributed by atoms with Crippen LogP contribution in [0, 0.1) is 6.92 Å². The fraction of sp³-hybridized carbons (Fsp3) is 0.100. The number of nitrogens with zero attached hydrogens (tertiary/aromatic N) is 7. The van der Waals surface area contributed by atoms with Crippen LogP contribution in [0.1, 0.15) is 11.6 Å². The van der Waals surface area contributed by atoms with Crippen molar-refractivity contribution in [1.82, 2.24) is 34.5 Å². The number of nitrogens with two attached hydrogens (primary N) is 1. The molecule has 5 aromatic rings. The van der Waals surface area contributed by atoms with E-state index in [0.717, 1.165) is 22.2 Å². The molecule has 0 fully saturated rings. The lowest BCUT2D eigenvalue weighted by Gasteiger charge is -2.08. The highest BCUT2D eigenvalue weighted by molar-refractivity contribution is 7.98. The molecule has 0 radical (unpaired) electrons. The number of fused-ring (bicyclic) bond motifs is 3. The Morgan fingerprint density at radius 2 is 1.81 bits per heavy atom. The number of para-hydroxylation sites is 1. The van der Waals surface area contributed by atoms with E-state index in [0.29, 0.717) is 33.5 Å². The summed E-state index contributed by atoms with van der Waals surface area (Å²) >= 11 is 7.39. The van der Waals surface area contributed by atoms with E-state index in [2.05, 4.69) is 30.4 Å². The van der Waals surface area contributed by atoms with Gasteiger partial charge in [-0.1, -0.05) is 35.5 Å². The zero-order valence-corrected chi connectivity index (χ0v) is 17.9. The molecular weight excluding hydrogens is 434 g/mol. The third-order valence-corrected chi connectivity index (χ3v) is 5.56. The second-order valence-corrected chi connectivity index (χ2v) is 8.04. The number of thioether (sulfide) groups is 1. The Bertz CT molecular complexity index is 1400. The minimum atomic E-state index is 0.135. The quantitative estimate of drug-likeness (QED) is 0.302. The zero-order valence-electron chi connectivity index (χ0n) is 16.3. The van der Waals surface area contributed by atoms with Crippen LogP contribution in [0.5, 0.6) is 0 Å². The zero-order chi connectivity index (χ0) is 21.4. The maximum absolute atomic E-state index is 5.93. The number of hydrogen-bond donors (Lipinski definition) is 2. The van der Waals surface area contributed by atoms with Crippen LogP contribution < -0.4 is 11.1 Å². The first-order valence-corrected chi connectivity index (χ1v) is 10.7. The Morgan fingerprint density at radius 1 is 1.00 bits per heavy atom. The van der Waals surface area contributed by atoms with Gasteiger partial charge in [-0.25, -0.2) is 9.97 Å². The fourth-order valence-corrected chi connectivity index (χ4v) is 4.00. The summed E-state index contributed by atoms with van der Waals surface area (Å²) in [5.41, 5.74) is 8.32. The van der Waals surface area contributed by atoms with Gasteiger partial charge in [-0.05, 0) is 43.3 Å². The SMILES string of the molecule is Cc1nc2c3ccccc3nc(SCc3nc(N)nc(Nc4ccc(Cl)cc4)n3)n2n1. The van der Waals surface area contributed by atoms with Crippen molar-refractivity contribution < 1.29 is 0 Å². The molecule has 2 aromatic carbocycles. The highest BCUT2D eigenvalue weighted by atomic mass is 35.5. The Kier molecular flexibility index (Phi) is 5.00. The number of benzene rings is 2. The molecule has 0 bridgehead atoms. The van der Waals surface area contributed by atoms with Crippen molar-refractivity contribution in [2.75, 3.05) is 11.1 Å². The summed E-state index contributed by atoms with van der Waals surface area (Å²) in [6.07, 6.45) is 0. The lowest BCUT2D eigenvalue weighted by atomic mass is 10.2. The van der Waals surface area contributed by atoms with Crippen LogP contribution in [0.25, 0.3) is 16.6 Å². The third kappa shape index (κ3) is 4.07. The Balaban J connectivity index is 1.43. The van der Waals surface area contributed by atoms with Gasteiger partial charge >= 0.3 is 0 Å². The topological polar surface area (TPSA) is 120 Å². The smallest absolute Gasteiger partial charge is 0.232 e.